The van der Waals surface area contributed by atoms with Crippen LogP contribution in [0.4, 0.5) is 0 Å². The first-order valence-corrected chi connectivity index (χ1v) is 9.18. The molecule has 0 unspecified atom stereocenters. The predicted octanol–water partition coefficient (Wildman–Crippen LogP) is 1.80. The van der Waals surface area contributed by atoms with E-state index in [1.165, 1.54) is 0 Å². The zero-order chi connectivity index (χ0) is 17.9. The smallest absolute Gasteiger partial charge is 0.231 e. The third-order valence-corrected chi connectivity index (χ3v) is 5.53. The molecular formula is C18H32Cl2N4O3. The summed E-state index contributed by atoms with van der Waals surface area (Å²) in [5.74, 6) is 1.92. The zero-order valence-corrected chi connectivity index (χ0v) is 18.1. The van der Waals surface area contributed by atoms with Crippen molar-refractivity contribution in [3.63, 3.8) is 0 Å². The Morgan fingerprint density at radius 3 is 2.33 bits per heavy atom. The maximum Gasteiger partial charge on any atom is 0.231 e. The number of rotatable bonds is 5. The van der Waals surface area contributed by atoms with Crippen LogP contribution in [0.3, 0.4) is 0 Å². The molecule has 1 aromatic heterocycles. The van der Waals surface area contributed by atoms with Gasteiger partial charge >= 0.3 is 0 Å². The number of hydrogen-bond acceptors (Lipinski definition) is 6. The van der Waals surface area contributed by atoms with Crippen molar-refractivity contribution in [1.82, 2.24) is 20.1 Å². The van der Waals surface area contributed by atoms with Crippen LogP contribution in [0, 0.1) is 19.3 Å². The van der Waals surface area contributed by atoms with E-state index in [1.54, 1.807) is 7.11 Å². The first-order chi connectivity index (χ1) is 12.0. The van der Waals surface area contributed by atoms with Crippen molar-refractivity contribution in [3.8, 4) is 0 Å². The quantitative estimate of drug-likeness (QED) is 0.779. The minimum atomic E-state index is -0.348. The number of nitrogens with one attached hydrogen (secondary N) is 1. The van der Waals surface area contributed by atoms with Crippen LogP contribution in [0.2, 0.25) is 0 Å². The molecule has 1 amide bonds. The molecule has 2 aliphatic heterocycles. The highest BCUT2D eigenvalue weighted by Crippen LogP contribution is 2.32. The summed E-state index contributed by atoms with van der Waals surface area (Å²) in [7, 11) is 1.69. The van der Waals surface area contributed by atoms with Crippen molar-refractivity contribution in [1.29, 1.82) is 0 Å². The second-order valence-electron chi connectivity index (χ2n) is 7.28. The van der Waals surface area contributed by atoms with E-state index in [9.17, 15) is 4.79 Å². The van der Waals surface area contributed by atoms with Crippen molar-refractivity contribution >= 4 is 30.7 Å². The summed E-state index contributed by atoms with van der Waals surface area (Å²) in [6.07, 6.45) is 1.71. The van der Waals surface area contributed by atoms with Gasteiger partial charge in [0.15, 0.2) is 0 Å². The van der Waals surface area contributed by atoms with E-state index in [4.69, 9.17) is 9.15 Å². The number of amides is 1. The molecule has 2 aliphatic rings. The fourth-order valence-electron chi connectivity index (χ4n) is 3.84. The van der Waals surface area contributed by atoms with Gasteiger partial charge in [-0.15, -0.1) is 24.8 Å². The number of aromatic nitrogens is 1. The van der Waals surface area contributed by atoms with Gasteiger partial charge in [-0.05, 0) is 39.8 Å². The summed E-state index contributed by atoms with van der Waals surface area (Å²) in [5.41, 5.74) is 0.607. The molecule has 7 nitrogen and oxygen atoms in total. The first-order valence-electron chi connectivity index (χ1n) is 9.18. The summed E-state index contributed by atoms with van der Waals surface area (Å²) in [4.78, 5) is 21.9. The van der Waals surface area contributed by atoms with Gasteiger partial charge in [0.2, 0.25) is 11.8 Å². The van der Waals surface area contributed by atoms with Gasteiger partial charge < -0.3 is 19.4 Å². The molecule has 0 atom stereocenters. The van der Waals surface area contributed by atoms with Crippen molar-refractivity contribution < 1.29 is 13.9 Å². The lowest BCUT2D eigenvalue weighted by atomic mass is 9.78. The van der Waals surface area contributed by atoms with Crippen LogP contribution >= 0.6 is 24.8 Å². The van der Waals surface area contributed by atoms with Crippen molar-refractivity contribution in [2.45, 2.75) is 33.2 Å². The summed E-state index contributed by atoms with van der Waals surface area (Å²) in [6, 6.07) is 0. The zero-order valence-electron chi connectivity index (χ0n) is 16.5. The Bertz CT molecular complexity index is 572. The highest BCUT2D eigenvalue weighted by Gasteiger charge is 2.42. The maximum atomic E-state index is 13.1. The lowest BCUT2D eigenvalue weighted by molar-refractivity contribution is -0.149. The number of carbonyl (C=O) groups excluding carboxylic acids is 1. The normalized spacial score (nSPS) is 19.9. The molecular weight excluding hydrogens is 391 g/mol. The van der Waals surface area contributed by atoms with Crippen LogP contribution in [-0.4, -0.2) is 73.7 Å². The maximum absolute atomic E-state index is 13.1. The topological polar surface area (TPSA) is 70.8 Å². The number of halogens is 2. The van der Waals surface area contributed by atoms with Gasteiger partial charge in [-0.25, -0.2) is 4.98 Å². The van der Waals surface area contributed by atoms with Crippen LogP contribution in [0.1, 0.15) is 30.2 Å². The lowest BCUT2D eigenvalue weighted by Crippen LogP contribution is -2.56. The Morgan fingerprint density at radius 1 is 1.19 bits per heavy atom. The Morgan fingerprint density at radius 2 is 1.81 bits per heavy atom. The summed E-state index contributed by atoms with van der Waals surface area (Å²) < 4.78 is 11.1. The van der Waals surface area contributed by atoms with Crippen molar-refractivity contribution in [2.75, 3.05) is 53.0 Å². The molecule has 2 fully saturated rings. The van der Waals surface area contributed by atoms with Gasteiger partial charge in [-0.3, -0.25) is 9.69 Å². The predicted molar refractivity (Wildman–Crippen MR) is 109 cm³/mol. The Labute approximate surface area is 174 Å². The summed E-state index contributed by atoms with van der Waals surface area (Å²) in [5, 5.41) is 3.34. The van der Waals surface area contributed by atoms with Gasteiger partial charge in [-0.1, -0.05) is 0 Å². The molecule has 0 radical (unpaired) electrons. The van der Waals surface area contributed by atoms with Crippen LogP contribution in [0.5, 0.6) is 0 Å². The highest BCUT2D eigenvalue weighted by atomic mass is 35.5. The molecule has 1 aromatic rings. The first kappa shape index (κ1) is 24.2. The minimum Gasteiger partial charge on any atom is -0.444 e. The van der Waals surface area contributed by atoms with Crippen molar-refractivity contribution in [3.05, 3.63) is 17.3 Å². The number of aryl methyl sites for hydroxylation is 2. The van der Waals surface area contributed by atoms with Gasteiger partial charge in [0.1, 0.15) is 5.76 Å². The molecule has 0 aliphatic carbocycles. The number of hydrogen-bond donors (Lipinski definition) is 1. The monoisotopic (exact) mass is 422 g/mol. The molecule has 3 rings (SSSR count). The largest absolute Gasteiger partial charge is 0.444 e. The molecule has 3 heterocycles. The fraction of sp³-hybridized carbons (Fsp3) is 0.778. The van der Waals surface area contributed by atoms with E-state index < -0.39 is 0 Å². The third kappa shape index (κ3) is 5.57. The van der Waals surface area contributed by atoms with Crippen LogP contribution < -0.4 is 5.32 Å². The number of methoxy groups -OCH3 is 1. The molecule has 0 spiro atoms. The van der Waals surface area contributed by atoms with Gasteiger partial charge in [-0.2, -0.15) is 0 Å². The van der Waals surface area contributed by atoms with E-state index in [-0.39, 0.29) is 36.1 Å². The van der Waals surface area contributed by atoms with E-state index in [0.717, 1.165) is 69.5 Å². The van der Waals surface area contributed by atoms with E-state index in [1.807, 2.05) is 18.7 Å². The summed E-state index contributed by atoms with van der Waals surface area (Å²) in [6.45, 7) is 10.1. The number of nitrogens with zero attached hydrogens (tertiary/aromatic N) is 3. The molecule has 1 N–H and O–H groups in total. The average Bonchev–Trinajstić information content (AvgIpc) is 2.93. The molecule has 0 aromatic carbocycles. The van der Waals surface area contributed by atoms with Gasteiger partial charge in [0.25, 0.3) is 0 Å². The highest BCUT2D eigenvalue weighted by molar-refractivity contribution is 5.85. The Hall–Kier alpha value is -0.860. The number of piperazine rings is 1. The number of oxazole rings is 1. The second kappa shape index (κ2) is 10.6. The van der Waals surface area contributed by atoms with E-state index in [2.05, 4.69) is 15.2 Å². The lowest BCUT2D eigenvalue weighted by Gasteiger charge is -2.42. The molecule has 0 bridgehead atoms. The van der Waals surface area contributed by atoms with Crippen molar-refractivity contribution in [2.24, 2.45) is 5.41 Å². The molecule has 9 heteroatoms. The standard InChI is InChI=1S/C18H30N4O3.2ClH/c1-14-15(2)25-16(20-14)12-21-8-10-22(11-9-21)17(23)18(13-24-3)4-6-19-7-5-18;;/h19H,4-13H2,1-3H3;2*1H. The second-order valence-corrected chi connectivity index (χ2v) is 7.28. The molecule has 27 heavy (non-hydrogen) atoms. The van der Waals surface area contributed by atoms with Gasteiger partial charge in [0.05, 0.1) is 24.3 Å². The number of piperidine rings is 1. The molecule has 2 saturated heterocycles. The molecule has 156 valence electrons. The van der Waals surface area contributed by atoms with E-state index in [0.29, 0.717) is 13.2 Å². The Kier molecular flexibility index (Phi) is 9.51. The number of carbonyl (C=O) groups is 1. The number of ether oxygens (including phenoxy) is 1. The van der Waals surface area contributed by atoms with Crippen LogP contribution in [-0.2, 0) is 16.1 Å². The Balaban J connectivity index is 0.00000182. The third-order valence-electron chi connectivity index (χ3n) is 5.53. The van der Waals surface area contributed by atoms with Crippen LogP contribution in [0.25, 0.3) is 0 Å². The minimum absolute atomic E-state index is 0. The fourth-order valence-corrected chi connectivity index (χ4v) is 3.84. The van der Waals surface area contributed by atoms with Gasteiger partial charge in [0, 0.05) is 33.3 Å². The average molecular weight is 423 g/mol. The van der Waals surface area contributed by atoms with E-state index >= 15 is 0 Å². The SMILES string of the molecule is COCC1(C(=O)N2CCN(Cc3nc(C)c(C)o3)CC2)CCNCC1.Cl.Cl. The molecule has 0 saturated carbocycles. The van der Waals surface area contributed by atoms with Crippen LogP contribution in [0.15, 0.2) is 4.42 Å². The summed E-state index contributed by atoms with van der Waals surface area (Å²) >= 11 is 0.